The van der Waals surface area contributed by atoms with Crippen LogP contribution in [-0.4, -0.2) is 31.5 Å². The Morgan fingerprint density at radius 3 is 2.22 bits per heavy atom. The Morgan fingerprint density at radius 2 is 1.70 bits per heavy atom. The number of hydrogen-bond acceptors (Lipinski definition) is 3. The largest absolute Gasteiger partial charge is 0.525 e. The average Bonchev–Trinajstić information content (AvgIpc) is 3.05. The van der Waals surface area contributed by atoms with Gasteiger partial charge in [0.15, 0.2) is 0 Å². The number of halogens is 1. The quantitative estimate of drug-likeness (QED) is 0.558. The molecule has 23 heavy (non-hydrogen) atoms. The monoisotopic (exact) mass is 322 g/mol. The Morgan fingerprint density at radius 1 is 1.09 bits per heavy atom. The maximum Gasteiger partial charge on any atom is 0.525 e. The van der Waals surface area contributed by atoms with Gasteiger partial charge in [-0.25, -0.2) is 4.39 Å². The van der Waals surface area contributed by atoms with Gasteiger partial charge in [-0.05, 0) is 65.4 Å². The summed E-state index contributed by atoms with van der Waals surface area (Å²) >= 11 is 0. The standard InChI is InChI=1S/C18H28BFO3/c1-17(2)18(3,4)23-19(22-17)16(20)15-7-5-13(6-8-15)11-14-9-10-21-12-14/h11,14H,5-10,12H2,1-4H3. The van der Waals surface area contributed by atoms with Crippen molar-refractivity contribution in [3.63, 3.8) is 0 Å². The van der Waals surface area contributed by atoms with Gasteiger partial charge in [-0.1, -0.05) is 11.6 Å². The van der Waals surface area contributed by atoms with Crippen LogP contribution in [0.4, 0.5) is 4.39 Å². The van der Waals surface area contributed by atoms with E-state index in [-0.39, 0.29) is 5.73 Å². The fraction of sp³-hybridized carbons (Fsp3) is 0.778. The highest BCUT2D eigenvalue weighted by Gasteiger charge is 2.53. The van der Waals surface area contributed by atoms with Gasteiger partial charge in [0, 0.05) is 12.5 Å². The minimum Gasteiger partial charge on any atom is -0.398 e. The smallest absolute Gasteiger partial charge is 0.398 e. The molecule has 0 aromatic carbocycles. The lowest BCUT2D eigenvalue weighted by Crippen LogP contribution is -2.41. The summed E-state index contributed by atoms with van der Waals surface area (Å²) in [7, 11) is -0.844. The summed E-state index contributed by atoms with van der Waals surface area (Å²) < 4.78 is 31.9. The van der Waals surface area contributed by atoms with E-state index in [9.17, 15) is 4.39 Å². The van der Waals surface area contributed by atoms with E-state index in [1.165, 1.54) is 5.57 Å². The molecule has 0 N–H and O–H groups in total. The van der Waals surface area contributed by atoms with E-state index in [1.54, 1.807) is 0 Å². The molecule has 0 aromatic rings. The number of allylic oxidation sites excluding steroid dienone is 2. The molecule has 1 aliphatic carbocycles. The van der Waals surface area contributed by atoms with Crippen LogP contribution in [0.2, 0.25) is 0 Å². The molecule has 0 amide bonds. The molecule has 3 nitrogen and oxygen atoms in total. The van der Waals surface area contributed by atoms with Crippen molar-refractivity contribution in [3.8, 4) is 0 Å². The maximum absolute atomic E-state index is 14.8. The molecule has 0 radical (unpaired) electrons. The van der Waals surface area contributed by atoms with Crippen LogP contribution in [0.1, 0.15) is 59.8 Å². The van der Waals surface area contributed by atoms with Crippen LogP contribution in [0.15, 0.2) is 22.9 Å². The second-order valence-corrected chi connectivity index (χ2v) is 7.99. The number of rotatable bonds is 2. The molecule has 1 atom stereocenters. The summed E-state index contributed by atoms with van der Waals surface area (Å²) in [6.07, 6.45) is 6.91. The Balaban J connectivity index is 1.63. The van der Waals surface area contributed by atoms with E-state index in [4.69, 9.17) is 14.0 Å². The summed E-state index contributed by atoms with van der Waals surface area (Å²) in [5, 5.41) is 0. The number of ether oxygens (including phenoxy) is 1. The van der Waals surface area contributed by atoms with Gasteiger partial charge in [-0.3, -0.25) is 0 Å². The summed E-state index contributed by atoms with van der Waals surface area (Å²) in [5.74, 6) is 0.559. The van der Waals surface area contributed by atoms with Crippen LogP contribution in [0.5, 0.6) is 0 Å². The van der Waals surface area contributed by atoms with E-state index < -0.39 is 18.3 Å². The molecule has 2 saturated heterocycles. The van der Waals surface area contributed by atoms with Crippen LogP contribution >= 0.6 is 0 Å². The zero-order valence-electron chi connectivity index (χ0n) is 14.8. The van der Waals surface area contributed by atoms with Crippen LogP contribution in [0.25, 0.3) is 0 Å². The minimum atomic E-state index is -0.844. The predicted molar refractivity (Wildman–Crippen MR) is 89.7 cm³/mol. The first-order chi connectivity index (χ1) is 10.8. The molecule has 128 valence electrons. The molecule has 5 heteroatoms. The molecule has 0 bridgehead atoms. The minimum absolute atomic E-state index is 0.202. The summed E-state index contributed by atoms with van der Waals surface area (Å²) in [5.41, 5.74) is 1.14. The third-order valence-electron chi connectivity index (χ3n) is 5.73. The number of hydrogen-bond donors (Lipinski definition) is 0. The maximum atomic E-state index is 14.8. The fourth-order valence-electron chi connectivity index (χ4n) is 3.41. The van der Waals surface area contributed by atoms with E-state index in [0.29, 0.717) is 5.92 Å². The zero-order valence-corrected chi connectivity index (χ0v) is 14.8. The van der Waals surface area contributed by atoms with Gasteiger partial charge in [-0.2, -0.15) is 0 Å². The highest BCUT2D eigenvalue weighted by molar-refractivity contribution is 6.53. The molecule has 2 aliphatic heterocycles. The zero-order chi connectivity index (χ0) is 16.7. The molecule has 3 fully saturated rings. The van der Waals surface area contributed by atoms with Gasteiger partial charge in [0.05, 0.1) is 17.8 Å². The molecule has 1 saturated carbocycles. The molecular formula is C18H28BFO3. The van der Waals surface area contributed by atoms with Gasteiger partial charge < -0.3 is 14.0 Å². The second kappa shape index (κ2) is 6.34. The van der Waals surface area contributed by atoms with Crippen molar-refractivity contribution in [2.24, 2.45) is 5.92 Å². The normalized spacial score (nSPS) is 30.0. The third-order valence-corrected chi connectivity index (χ3v) is 5.73. The van der Waals surface area contributed by atoms with Crippen molar-refractivity contribution in [1.82, 2.24) is 0 Å². The van der Waals surface area contributed by atoms with E-state index in [1.807, 2.05) is 27.7 Å². The highest BCUT2D eigenvalue weighted by Crippen LogP contribution is 2.41. The van der Waals surface area contributed by atoms with Crippen molar-refractivity contribution >= 4 is 7.12 Å². The van der Waals surface area contributed by atoms with Crippen molar-refractivity contribution in [2.45, 2.75) is 71.0 Å². The Bertz CT molecular complexity index is 490. The van der Waals surface area contributed by atoms with Crippen LogP contribution in [-0.2, 0) is 14.0 Å². The van der Waals surface area contributed by atoms with E-state index >= 15 is 0 Å². The highest BCUT2D eigenvalue weighted by atomic mass is 19.1. The molecule has 0 spiro atoms. The van der Waals surface area contributed by atoms with Crippen molar-refractivity contribution < 1.29 is 18.4 Å². The van der Waals surface area contributed by atoms with Crippen LogP contribution < -0.4 is 0 Å². The predicted octanol–water partition coefficient (Wildman–Crippen LogP) is 4.38. The van der Waals surface area contributed by atoms with E-state index in [2.05, 4.69) is 6.08 Å². The molecular weight excluding hydrogens is 294 g/mol. The Kier molecular flexibility index (Phi) is 4.74. The Hall–Kier alpha value is -0.645. The lowest BCUT2D eigenvalue weighted by atomic mass is 9.78. The van der Waals surface area contributed by atoms with E-state index in [0.717, 1.165) is 50.9 Å². The molecule has 3 aliphatic rings. The summed E-state index contributed by atoms with van der Waals surface area (Å²) in [6.45, 7) is 9.53. The van der Waals surface area contributed by atoms with Gasteiger partial charge >= 0.3 is 7.12 Å². The first kappa shape index (κ1) is 17.2. The van der Waals surface area contributed by atoms with Gasteiger partial charge in [-0.15, -0.1) is 0 Å². The lowest BCUT2D eigenvalue weighted by molar-refractivity contribution is 0.00578. The SMILES string of the molecule is CC1(C)OB(C(F)=C2CCC(=CC3CCOC3)CC2)OC1(C)C. The summed E-state index contributed by atoms with van der Waals surface area (Å²) in [4.78, 5) is 0. The van der Waals surface area contributed by atoms with Crippen molar-refractivity contribution in [1.29, 1.82) is 0 Å². The summed E-state index contributed by atoms with van der Waals surface area (Å²) in [6, 6.07) is 0. The molecule has 3 rings (SSSR count). The van der Waals surface area contributed by atoms with Crippen LogP contribution in [0, 0.1) is 5.92 Å². The fourth-order valence-corrected chi connectivity index (χ4v) is 3.41. The first-order valence-electron chi connectivity index (χ1n) is 8.79. The Labute approximate surface area is 139 Å². The van der Waals surface area contributed by atoms with Crippen molar-refractivity contribution in [3.05, 3.63) is 22.9 Å². The first-order valence-corrected chi connectivity index (χ1v) is 8.79. The molecule has 2 heterocycles. The average molecular weight is 322 g/mol. The lowest BCUT2D eigenvalue weighted by Gasteiger charge is -2.32. The third kappa shape index (κ3) is 3.57. The van der Waals surface area contributed by atoms with Gasteiger partial charge in [0.25, 0.3) is 0 Å². The van der Waals surface area contributed by atoms with Gasteiger partial charge in [0.1, 0.15) is 5.73 Å². The molecule has 1 unspecified atom stereocenters. The van der Waals surface area contributed by atoms with Gasteiger partial charge in [0.2, 0.25) is 0 Å². The second-order valence-electron chi connectivity index (χ2n) is 7.99. The topological polar surface area (TPSA) is 27.7 Å². The molecule has 0 aromatic heterocycles. The van der Waals surface area contributed by atoms with Crippen molar-refractivity contribution in [2.75, 3.05) is 13.2 Å². The van der Waals surface area contributed by atoms with Crippen LogP contribution in [0.3, 0.4) is 0 Å².